The van der Waals surface area contributed by atoms with Gasteiger partial charge in [-0.25, -0.2) is 13.2 Å². The molecule has 100 valence electrons. The van der Waals surface area contributed by atoms with Crippen molar-refractivity contribution < 1.29 is 13.2 Å². The summed E-state index contributed by atoms with van der Waals surface area (Å²) in [6, 6.07) is 4.79. The molecule has 0 aliphatic carbocycles. The lowest BCUT2D eigenvalue weighted by Crippen LogP contribution is -2.42. The zero-order valence-electron chi connectivity index (χ0n) is 9.94. The van der Waals surface area contributed by atoms with Crippen LogP contribution in [-0.2, 0) is 14.8 Å². The van der Waals surface area contributed by atoms with Crippen molar-refractivity contribution in [3.05, 3.63) is 17.0 Å². The molecule has 0 bridgehead atoms. The summed E-state index contributed by atoms with van der Waals surface area (Å²) in [5.74, 6) is 0. The Morgan fingerprint density at radius 2 is 2.21 bits per heavy atom. The number of hydrogen-bond acceptors (Lipinski definition) is 6. The van der Waals surface area contributed by atoms with Gasteiger partial charge in [0.2, 0.25) is 6.08 Å². The standard InChI is InChI=1S/C11H11N3O3S2/c12-7-9-4-5-11(18-9)19(16,17)14-6-2-1-3-10(14)13-8-15/h4-5,10H,1-3,6H2. The topological polar surface area (TPSA) is 90.6 Å². The van der Waals surface area contributed by atoms with Crippen LogP contribution < -0.4 is 0 Å². The number of thiophene rings is 1. The lowest BCUT2D eigenvalue weighted by molar-refractivity contribution is 0.260. The van der Waals surface area contributed by atoms with Crippen molar-refractivity contribution >= 4 is 27.4 Å². The van der Waals surface area contributed by atoms with Gasteiger partial charge in [0.05, 0.1) is 0 Å². The molecule has 1 aliphatic heterocycles. The monoisotopic (exact) mass is 297 g/mol. The van der Waals surface area contributed by atoms with Crippen LogP contribution in [0, 0.1) is 11.3 Å². The van der Waals surface area contributed by atoms with Crippen molar-refractivity contribution in [2.24, 2.45) is 4.99 Å². The maximum absolute atomic E-state index is 12.4. The first-order valence-electron chi connectivity index (χ1n) is 5.68. The van der Waals surface area contributed by atoms with E-state index in [9.17, 15) is 13.2 Å². The summed E-state index contributed by atoms with van der Waals surface area (Å²) in [5.41, 5.74) is 0. The van der Waals surface area contributed by atoms with Crippen LogP contribution in [0.5, 0.6) is 0 Å². The van der Waals surface area contributed by atoms with Crippen molar-refractivity contribution in [3.63, 3.8) is 0 Å². The highest BCUT2D eigenvalue weighted by Gasteiger charge is 2.34. The number of isocyanates is 1. The highest BCUT2D eigenvalue weighted by atomic mass is 32.2. The van der Waals surface area contributed by atoms with Gasteiger partial charge in [0, 0.05) is 6.54 Å². The van der Waals surface area contributed by atoms with E-state index in [2.05, 4.69) is 4.99 Å². The quantitative estimate of drug-likeness (QED) is 0.624. The summed E-state index contributed by atoms with van der Waals surface area (Å²) < 4.78 is 26.2. The van der Waals surface area contributed by atoms with Crippen LogP contribution in [0.15, 0.2) is 21.3 Å². The molecule has 1 aromatic rings. The lowest BCUT2D eigenvalue weighted by Gasteiger charge is -2.30. The Morgan fingerprint density at radius 1 is 1.42 bits per heavy atom. The molecule has 0 N–H and O–H groups in total. The van der Waals surface area contributed by atoms with E-state index < -0.39 is 16.2 Å². The zero-order valence-corrected chi connectivity index (χ0v) is 11.6. The number of hydrogen-bond donors (Lipinski definition) is 0. The van der Waals surface area contributed by atoms with E-state index >= 15 is 0 Å². The molecule has 1 saturated heterocycles. The minimum atomic E-state index is -3.69. The average Bonchev–Trinajstić information content (AvgIpc) is 2.89. The molecule has 8 heteroatoms. The third-order valence-corrected chi connectivity index (χ3v) is 6.23. The highest BCUT2D eigenvalue weighted by molar-refractivity contribution is 7.91. The van der Waals surface area contributed by atoms with E-state index in [4.69, 9.17) is 5.26 Å². The van der Waals surface area contributed by atoms with E-state index in [0.29, 0.717) is 17.8 Å². The predicted molar refractivity (Wildman–Crippen MR) is 68.7 cm³/mol. The van der Waals surface area contributed by atoms with Crippen molar-refractivity contribution in [2.75, 3.05) is 6.54 Å². The Hall–Kier alpha value is -1.52. The van der Waals surface area contributed by atoms with E-state index in [1.54, 1.807) is 0 Å². The number of carbonyl (C=O) groups excluding carboxylic acids is 1. The van der Waals surface area contributed by atoms with E-state index in [1.165, 1.54) is 22.5 Å². The lowest BCUT2D eigenvalue weighted by atomic mass is 10.1. The maximum atomic E-state index is 12.4. The SMILES string of the molecule is N#Cc1ccc(S(=O)(=O)N2CCCCC2N=C=O)s1. The number of nitrogens with zero attached hydrogens (tertiary/aromatic N) is 3. The Bertz CT molecular complexity index is 653. The summed E-state index contributed by atoms with van der Waals surface area (Å²) in [7, 11) is -3.69. The fraction of sp³-hybridized carbons (Fsp3) is 0.455. The number of sulfonamides is 1. The van der Waals surface area contributed by atoms with E-state index in [1.807, 2.05) is 6.07 Å². The van der Waals surface area contributed by atoms with Crippen molar-refractivity contribution in [1.29, 1.82) is 5.26 Å². The molecule has 0 spiro atoms. The van der Waals surface area contributed by atoms with Crippen LogP contribution in [0.3, 0.4) is 0 Å². The first-order chi connectivity index (χ1) is 9.09. The van der Waals surface area contributed by atoms with Gasteiger partial charge >= 0.3 is 0 Å². The number of aliphatic imine (C=N–C) groups is 1. The first kappa shape index (κ1) is 13.9. The van der Waals surface area contributed by atoms with Gasteiger partial charge in [-0.15, -0.1) is 11.3 Å². The summed E-state index contributed by atoms with van der Waals surface area (Å²) in [4.78, 5) is 14.3. The van der Waals surface area contributed by atoms with Gasteiger partial charge in [0.1, 0.15) is 21.3 Å². The van der Waals surface area contributed by atoms with Crippen LogP contribution in [0.1, 0.15) is 24.1 Å². The van der Waals surface area contributed by atoms with Gasteiger partial charge in [-0.2, -0.15) is 14.6 Å². The zero-order chi connectivity index (χ0) is 13.9. The molecule has 0 amide bonds. The first-order valence-corrected chi connectivity index (χ1v) is 7.94. The minimum Gasteiger partial charge on any atom is -0.211 e. The van der Waals surface area contributed by atoms with Crippen molar-refractivity contribution in [3.8, 4) is 6.07 Å². The Morgan fingerprint density at radius 3 is 2.84 bits per heavy atom. The molecule has 19 heavy (non-hydrogen) atoms. The predicted octanol–water partition coefficient (Wildman–Crippen LogP) is 1.46. The molecule has 2 heterocycles. The van der Waals surface area contributed by atoms with Gasteiger partial charge in [-0.05, 0) is 31.4 Å². The number of nitriles is 1. The summed E-state index contributed by atoms with van der Waals surface area (Å²) in [5, 5.41) is 8.75. The van der Waals surface area contributed by atoms with Gasteiger partial charge in [0.15, 0.2) is 0 Å². The van der Waals surface area contributed by atoms with E-state index in [0.717, 1.165) is 24.2 Å². The summed E-state index contributed by atoms with van der Waals surface area (Å²) in [6.45, 7) is 0.331. The van der Waals surface area contributed by atoms with Crippen LogP contribution >= 0.6 is 11.3 Å². The fourth-order valence-electron chi connectivity index (χ4n) is 1.99. The van der Waals surface area contributed by atoms with Crippen LogP contribution in [0.2, 0.25) is 0 Å². The van der Waals surface area contributed by atoms with Gasteiger partial charge in [-0.1, -0.05) is 0 Å². The van der Waals surface area contributed by atoms with E-state index in [-0.39, 0.29) is 4.21 Å². The summed E-state index contributed by atoms with van der Waals surface area (Å²) in [6.07, 6.45) is 2.83. The Balaban J connectivity index is 2.37. The third-order valence-electron chi connectivity index (χ3n) is 2.88. The summed E-state index contributed by atoms with van der Waals surface area (Å²) >= 11 is 0.923. The molecule has 0 radical (unpaired) electrons. The molecule has 1 unspecified atom stereocenters. The molecular formula is C11H11N3O3S2. The molecule has 1 fully saturated rings. The average molecular weight is 297 g/mol. The van der Waals surface area contributed by atoms with Crippen molar-refractivity contribution in [2.45, 2.75) is 29.6 Å². The highest BCUT2D eigenvalue weighted by Crippen LogP contribution is 2.29. The van der Waals surface area contributed by atoms with Gasteiger partial charge < -0.3 is 0 Å². The maximum Gasteiger partial charge on any atom is 0.254 e. The van der Waals surface area contributed by atoms with Gasteiger partial charge in [0.25, 0.3) is 10.0 Å². The third kappa shape index (κ3) is 2.74. The van der Waals surface area contributed by atoms with Crippen molar-refractivity contribution in [1.82, 2.24) is 4.31 Å². The molecule has 1 aromatic heterocycles. The van der Waals surface area contributed by atoms with Crippen LogP contribution in [-0.4, -0.2) is 31.5 Å². The van der Waals surface area contributed by atoms with Crippen LogP contribution in [0.25, 0.3) is 0 Å². The fourth-order valence-corrected chi connectivity index (χ4v) is 4.82. The second-order valence-corrected chi connectivity index (χ2v) is 7.24. The second-order valence-electron chi connectivity index (χ2n) is 4.04. The molecule has 0 aromatic carbocycles. The largest absolute Gasteiger partial charge is 0.254 e. The Kier molecular flexibility index (Phi) is 4.12. The second kappa shape index (κ2) is 5.63. The Labute approximate surface area is 115 Å². The molecule has 6 nitrogen and oxygen atoms in total. The smallest absolute Gasteiger partial charge is 0.211 e. The molecular weight excluding hydrogens is 286 g/mol. The molecule has 2 rings (SSSR count). The number of rotatable bonds is 3. The number of piperidine rings is 1. The minimum absolute atomic E-state index is 0.108. The molecule has 1 atom stereocenters. The van der Waals surface area contributed by atoms with Crippen LogP contribution in [0.4, 0.5) is 0 Å². The molecule has 0 saturated carbocycles. The normalized spacial score (nSPS) is 20.5. The van der Waals surface area contributed by atoms with Gasteiger partial charge in [-0.3, -0.25) is 0 Å². The molecule has 1 aliphatic rings.